The number of esters is 1. The van der Waals surface area contributed by atoms with Crippen LogP contribution in [0, 0.1) is 23.7 Å². The van der Waals surface area contributed by atoms with Crippen LogP contribution in [-0.4, -0.2) is 58.8 Å². The highest BCUT2D eigenvalue weighted by Crippen LogP contribution is 2.44. The Labute approximate surface area is 237 Å². The number of fused-ring (bicyclic) bond motifs is 1. The molecule has 0 bridgehead atoms. The summed E-state index contributed by atoms with van der Waals surface area (Å²) in [6.45, 7) is 6.15. The Morgan fingerprint density at radius 1 is 1.20 bits per heavy atom. The van der Waals surface area contributed by atoms with E-state index in [0.717, 1.165) is 16.9 Å². The summed E-state index contributed by atoms with van der Waals surface area (Å²) in [5, 5.41) is 30.5. The van der Waals surface area contributed by atoms with Crippen LogP contribution in [0.3, 0.4) is 0 Å². The first-order valence-corrected chi connectivity index (χ1v) is 14.3. The average molecular weight is 560 g/mol. The van der Waals surface area contributed by atoms with Crippen LogP contribution in [-0.2, 0) is 25.7 Å². The molecule has 0 heterocycles. The minimum Gasteiger partial charge on any atom is -0.497 e. The van der Waals surface area contributed by atoms with E-state index in [2.05, 4.69) is 13.0 Å². The lowest BCUT2D eigenvalue weighted by atomic mass is 9.66. The number of hydrogen-bond donors (Lipinski definition) is 4. The van der Waals surface area contributed by atoms with E-state index in [-0.39, 0.29) is 49.1 Å². The predicted molar refractivity (Wildman–Crippen MR) is 149 cm³/mol. The Hall–Kier alpha value is -2.72. The molecule has 2 aliphatic rings. The molecule has 9 nitrogen and oxygen atoms in total. The van der Waals surface area contributed by atoms with Crippen LogP contribution in [0.25, 0.3) is 0 Å². The van der Waals surface area contributed by atoms with Gasteiger partial charge in [0.2, 0.25) is 5.91 Å². The van der Waals surface area contributed by atoms with Gasteiger partial charge in [0.05, 0.1) is 44.4 Å². The van der Waals surface area contributed by atoms with Crippen molar-refractivity contribution in [2.45, 2.75) is 90.3 Å². The largest absolute Gasteiger partial charge is 0.497 e. The molecule has 0 aromatic heterocycles. The zero-order valence-corrected chi connectivity index (χ0v) is 24.0. The molecule has 2 aliphatic carbocycles. The van der Waals surface area contributed by atoms with Crippen LogP contribution >= 0.6 is 0 Å². The van der Waals surface area contributed by atoms with Crippen molar-refractivity contribution in [1.29, 1.82) is 0 Å². The first-order valence-electron chi connectivity index (χ1n) is 14.3. The van der Waals surface area contributed by atoms with E-state index < -0.39 is 30.3 Å². The maximum Gasteiger partial charge on any atom is 0.308 e. The minimum absolute atomic E-state index is 0.0640. The Balaban J connectivity index is 1.65. The van der Waals surface area contributed by atoms with E-state index >= 15 is 0 Å². The third kappa shape index (κ3) is 8.89. The number of aliphatic hydroxyl groups excluding tert-OH is 2. The fourth-order valence-electron chi connectivity index (χ4n) is 5.62. The number of methoxy groups -OCH3 is 1. The van der Waals surface area contributed by atoms with Crippen LogP contribution in [0.15, 0.2) is 48.1 Å². The second-order valence-corrected chi connectivity index (χ2v) is 11.1. The molecule has 0 radical (unpaired) electrons. The maximum absolute atomic E-state index is 12.7. The molecule has 0 spiro atoms. The molecule has 8 atom stereocenters. The molecule has 40 heavy (non-hydrogen) atoms. The molecule has 0 saturated heterocycles. The van der Waals surface area contributed by atoms with Crippen molar-refractivity contribution in [2.24, 2.45) is 23.7 Å². The van der Waals surface area contributed by atoms with Gasteiger partial charge in [-0.25, -0.2) is 5.48 Å². The van der Waals surface area contributed by atoms with Crippen molar-refractivity contribution < 1.29 is 39.2 Å². The molecular formula is C31H45NO8. The van der Waals surface area contributed by atoms with Gasteiger partial charge < -0.3 is 24.4 Å². The standard InChI is InChI=1S/C31H45NO8/c1-5-19(2)31(36)40-28-16-24(34)14-22-9-6-20(3)27(30(22)28)13-10-23(33)15-26(17-29(35)32-37)39-18-21-7-11-25(38-4)12-8-21/h6-9,11-12,14,19-20,23-24,26-28,30,33-34,37H,5,10,13,15-18H2,1-4H3,(H,32,35)/t19?,20-,23+,24+,26+,27-,28-,30-/m0/s1. The van der Waals surface area contributed by atoms with Crippen LogP contribution in [0.5, 0.6) is 5.75 Å². The Kier molecular flexibility index (Phi) is 12.2. The summed E-state index contributed by atoms with van der Waals surface area (Å²) in [5.74, 6) is -0.0886. The fraction of sp³-hybridized carbons (Fsp3) is 0.613. The van der Waals surface area contributed by atoms with E-state index in [1.807, 2.05) is 50.3 Å². The number of carbonyl (C=O) groups excluding carboxylic acids is 2. The molecule has 1 unspecified atom stereocenters. The summed E-state index contributed by atoms with van der Waals surface area (Å²) in [7, 11) is 1.59. The molecule has 1 aromatic rings. The maximum atomic E-state index is 12.7. The summed E-state index contributed by atoms with van der Waals surface area (Å²) in [5.41, 5.74) is 3.51. The van der Waals surface area contributed by atoms with Crippen molar-refractivity contribution in [3.8, 4) is 5.75 Å². The molecule has 0 aliphatic heterocycles. The van der Waals surface area contributed by atoms with Gasteiger partial charge in [0.15, 0.2) is 0 Å². The topological polar surface area (TPSA) is 135 Å². The zero-order chi connectivity index (χ0) is 29.2. The van der Waals surface area contributed by atoms with Crippen molar-refractivity contribution >= 4 is 11.9 Å². The van der Waals surface area contributed by atoms with Crippen LogP contribution in [0.4, 0.5) is 0 Å². The van der Waals surface area contributed by atoms with E-state index in [0.29, 0.717) is 25.7 Å². The lowest BCUT2D eigenvalue weighted by Gasteiger charge is -2.43. The molecule has 222 valence electrons. The number of rotatable bonds is 14. The first kappa shape index (κ1) is 31.8. The molecule has 4 N–H and O–H groups in total. The van der Waals surface area contributed by atoms with Crippen molar-refractivity contribution in [3.63, 3.8) is 0 Å². The SMILES string of the molecule is CCC(C)C(=O)O[C@H]1C[C@H](O)C=C2C=C[C@H](C)[C@H](CC[C@@H](O)C[C@H](CC(=O)NO)OCc3ccc(OC)cc3)[C@H]21. The molecule has 1 aromatic carbocycles. The summed E-state index contributed by atoms with van der Waals surface area (Å²) >= 11 is 0. The third-order valence-corrected chi connectivity index (χ3v) is 8.21. The smallest absolute Gasteiger partial charge is 0.308 e. The summed E-state index contributed by atoms with van der Waals surface area (Å²) in [6.07, 6.45) is 5.83. The van der Waals surface area contributed by atoms with Gasteiger partial charge in [-0.3, -0.25) is 14.8 Å². The number of carbonyl (C=O) groups is 2. The summed E-state index contributed by atoms with van der Waals surface area (Å²) in [4.78, 5) is 24.6. The van der Waals surface area contributed by atoms with Crippen molar-refractivity contribution in [1.82, 2.24) is 5.48 Å². The second-order valence-electron chi connectivity index (χ2n) is 11.1. The molecule has 9 heteroatoms. The van der Waals surface area contributed by atoms with E-state index in [4.69, 9.17) is 19.4 Å². The number of hydroxylamine groups is 1. The number of benzene rings is 1. The number of ether oxygens (including phenoxy) is 3. The Bertz CT molecular complexity index is 1020. The summed E-state index contributed by atoms with van der Waals surface area (Å²) in [6, 6.07) is 7.38. The number of nitrogens with one attached hydrogen (secondary N) is 1. The van der Waals surface area contributed by atoms with Gasteiger partial charge in [-0.2, -0.15) is 0 Å². The predicted octanol–water partition coefficient (Wildman–Crippen LogP) is 4.09. The van der Waals surface area contributed by atoms with E-state index in [1.165, 1.54) is 0 Å². The lowest BCUT2D eigenvalue weighted by molar-refractivity contribution is -0.159. The van der Waals surface area contributed by atoms with Crippen molar-refractivity contribution in [3.05, 3.63) is 53.6 Å². The van der Waals surface area contributed by atoms with E-state index in [1.54, 1.807) is 12.6 Å². The highest BCUT2D eigenvalue weighted by atomic mass is 16.5. The highest BCUT2D eigenvalue weighted by Gasteiger charge is 2.42. The molecule has 3 rings (SSSR count). The average Bonchev–Trinajstić information content (AvgIpc) is 2.95. The fourth-order valence-corrected chi connectivity index (χ4v) is 5.62. The van der Waals surface area contributed by atoms with Gasteiger partial charge in [-0.05, 0) is 54.4 Å². The summed E-state index contributed by atoms with van der Waals surface area (Å²) < 4.78 is 17.1. The first-order chi connectivity index (χ1) is 19.1. The van der Waals surface area contributed by atoms with Gasteiger partial charge in [0.25, 0.3) is 0 Å². The molecule has 1 amide bonds. The number of aliphatic hydroxyl groups is 2. The normalized spacial score (nSPS) is 26.2. The number of amides is 1. The van der Waals surface area contributed by atoms with Crippen LogP contribution in [0.1, 0.15) is 64.9 Å². The van der Waals surface area contributed by atoms with Crippen LogP contribution < -0.4 is 10.2 Å². The molecule has 0 saturated carbocycles. The molecular weight excluding hydrogens is 514 g/mol. The highest BCUT2D eigenvalue weighted by molar-refractivity contribution is 5.75. The van der Waals surface area contributed by atoms with E-state index in [9.17, 15) is 19.8 Å². The Morgan fingerprint density at radius 3 is 2.58 bits per heavy atom. The third-order valence-electron chi connectivity index (χ3n) is 8.21. The second kappa shape index (κ2) is 15.3. The van der Waals surface area contributed by atoms with Gasteiger partial charge in [-0.15, -0.1) is 0 Å². The van der Waals surface area contributed by atoms with Gasteiger partial charge in [0.1, 0.15) is 11.9 Å². The van der Waals surface area contributed by atoms with Crippen LogP contribution in [0.2, 0.25) is 0 Å². The zero-order valence-electron chi connectivity index (χ0n) is 24.0. The monoisotopic (exact) mass is 559 g/mol. The number of hydrogen-bond acceptors (Lipinski definition) is 8. The minimum atomic E-state index is -0.742. The van der Waals surface area contributed by atoms with Crippen molar-refractivity contribution in [2.75, 3.05) is 7.11 Å². The van der Waals surface area contributed by atoms with Gasteiger partial charge >= 0.3 is 5.97 Å². The van der Waals surface area contributed by atoms with Gasteiger partial charge in [0, 0.05) is 18.8 Å². The Morgan fingerprint density at radius 2 is 1.93 bits per heavy atom. The lowest BCUT2D eigenvalue weighted by Crippen LogP contribution is -2.43. The molecule has 0 fully saturated rings. The quantitative estimate of drug-likeness (QED) is 0.152. The number of allylic oxidation sites excluding steroid dienone is 2. The van der Waals surface area contributed by atoms with Gasteiger partial charge in [-0.1, -0.05) is 51.1 Å².